The second kappa shape index (κ2) is 9.93. The zero-order chi connectivity index (χ0) is 17.5. The fourth-order valence-corrected chi connectivity index (χ4v) is 2.21. The van der Waals surface area contributed by atoms with Gasteiger partial charge in [0.25, 0.3) is 0 Å². The summed E-state index contributed by atoms with van der Waals surface area (Å²) in [6, 6.07) is 12.4. The molecule has 0 saturated carbocycles. The summed E-state index contributed by atoms with van der Waals surface area (Å²) in [5.41, 5.74) is 1.94. The van der Waals surface area contributed by atoms with Crippen LogP contribution in [-0.4, -0.2) is 13.0 Å². The van der Waals surface area contributed by atoms with E-state index >= 15 is 0 Å². The molecule has 0 radical (unpaired) electrons. The molecule has 1 unspecified atom stereocenters. The fourth-order valence-electron chi connectivity index (χ4n) is 2.21. The van der Waals surface area contributed by atoms with Crippen LogP contribution in [0.1, 0.15) is 29.7 Å². The van der Waals surface area contributed by atoms with E-state index < -0.39 is 11.6 Å². The van der Waals surface area contributed by atoms with Gasteiger partial charge in [-0.15, -0.1) is 24.0 Å². The highest BCUT2D eigenvalue weighted by Crippen LogP contribution is 2.17. The number of halogens is 3. The van der Waals surface area contributed by atoms with Gasteiger partial charge in [-0.05, 0) is 30.7 Å². The molecule has 132 valence electrons. The second-order valence-electron chi connectivity index (χ2n) is 5.27. The molecule has 2 aromatic rings. The highest BCUT2D eigenvalue weighted by atomic mass is 127. The van der Waals surface area contributed by atoms with Gasteiger partial charge in [0.1, 0.15) is 11.6 Å². The summed E-state index contributed by atoms with van der Waals surface area (Å²) in [6.45, 7) is 2.27. The highest BCUT2D eigenvalue weighted by Gasteiger charge is 2.13. The van der Waals surface area contributed by atoms with Crippen molar-refractivity contribution in [1.29, 1.82) is 5.26 Å². The van der Waals surface area contributed by atoms with Crippen molar-refractivity contribution in [1.82, 2.24) is 10.6 Å². The lowest BCUT2D eigenvalue weighted by Gasteiger charge is -2.19. The van der Waals surface area contributed by atoms with Crippen LogP contribution < -0.4 is 10.6 Å². The van der Waals surface area contributed by atoms with Crippen molar-refractivity contribution >= 4 is 29.9 Å². The van der Waals surface area contributed by atoms with Crippen molar-refractivity contribution in [2.75, 3.05) is 7.05 Å². The number of nitriles is 1. The Morgan fingerprint density at radius 1 is 1.20 bits per heavy atom. The first kappa shape index (κ1) is 20.8. The van der Waals surface area contributed by atoms with Crippen LogP contribution in [0.3, 0.4) is 0 Å². The van der Waals surface area contributed by atoms with E-state index in [1.54, 1.807) is 26.1 Å². The number of guanidine groups is 1. The SMILES string of the molecule is CN=C(NCc1ccc(C#N)cc1)NC(C)c1ccc(F)cc1F.I. The van der Waals surface area contributed by atoms with E-state index in [0.717, 1.165) is 11.6 Å². The van der Waals surface area contributed by atoms with Crippen molar-refractivity contribution in [3.8, 4) is 6.07 Å². The van der Waals surface area contributed by atoms with Crippen LogP contribution in [0.25, 0.3) is 0 Å². The van der Waals surface area contributed by atoms with Crippen LogP contribution >= 0.6 is 24.0 Å². The van der Waals surface area contributed by atoms with Crippen molar-refractivity contribution in [3.63, 3.8) is 0 Å². The molecule has 0 aromatic heterocycles. The van der Waals surface area contributed by atoms with Crippen LogP contribution in [0.2, 0.25) is 0 Å². The van der Waals surface area contributed by atoms with Crippen molar-refractivity contribution in [2.45, 2.75) is 19.5 Å². The molecular weight excluding hydrogens is 437 g/mol. The van der Waals surface area contributed by atoms with Gasteiger partial charge in [-0.2, -0.15) is 5.26 Å². The van der Waals surface area contributed by atoms with Crippen LogP contribution in [0.15, 0.2) is 47.5 Å². The van der Waals surface area contributed by atoms with E-state index in [0.29, 0.717) is 23.6 Å². The number of aliphatic imine (C=N–C) groups is 1. The minimum absolute atomic E-state index is 0. The largest absolute Gasteiger partial charge is 0.352 e. The molecule has 7 heteroatoms. The minimum atomic E-state index is -0.605. The molecular formula is C18H19F2IN4. The molecule has 0 saturated heterocycles. The van der Waals surface area contributed by atoms with Crippen LogP contribution in [0.4, 0.5) is 8.78 Å². The Kier molecular flexibility index (Phi) is 8.28. The van der Waals surface area contributed by atoms with E-state index in [-0.39, 0.29) is 30.0 Å². The molecule has 2 rings (SSSR count). The monoisotopic (exact) mass is 456 g/mol. The first-order valence-electron chi connectivity index (χ1n) is 7.44. The number of rotatable bonds is 4. The Bertz CT molecular complexity index is 770. The second-order valence-corrected chi connectivity index (χ2v) is 5.27. The molecule has 4 nitrogen and oxygen atoms in total. The molecule has 0 aliphatic carbocycles. The Balaban J connectivity index is 0.00000312. The Morgan fingerprint density at radius 2 is 1.88 bits per heavy atom. The standard InChI is InChI=1S/C18H18F2N4.HI/c1-12(16-8-7-15(19)9-17(16)20)24-18(22-2)23-11-14-5-3-13(10-21)4-6-14;/h3-9,12H,11H2,1-2H3,(H2,22,23,24);1H. The number of nitrogens with one attached hydrogen (secondary N) is 2. The molecule has 0 bridgehead atoms. The van der Waals surface area contributed by atoms with E-state index in [9.17, 15) is 8.78 Å². The number of nitrogens with zero attached hydrogens (tertiary/aromatic N) is 2. The zero-order valence-corrected chi connectivity index (χ0v) is 16.2. The van der Waals surface area contributed by atoms with Crippen molar-refractivity contribution in [3.05, 3.63) is 70.8 Å². The maximum atomic E-state index is 13.8. The van der Waals surface area contributed by atoms with Gasteiger partial charge in [0.05, 0.1) is 17.7 Å². The molecule has 25 heavy (non-hydrogen) atoms. The minimum Gasteiger partial charge on any atom is -0.352 e. The zero-order valence-electron chi connectivity index (χ0n) is 13.9. The third kappa shape index (κ3) is 5.98. The molecule has 0 spiro atoms. The Labute approximate surface area is 163 Å². The van der Waals surface area contributed by atoms with Gasteiger partial charge in [0.15, 0.2) is 5.96 Å². The van der Waals surface area contributed by atoms with Gasteiger partial charge in [0.2, 0.25) is 0 Å². The number of hydrogen-bond acceptors (Lipinski definition) is 2. The average Bonchev–Trinajstić information content (AvgIpc) is 2.58. The number of benzene rings is 2. The maximum Gasteiger partial charge on any atom is 0.191 e. The third-order valence-electron chi connectivity index (χ3n) is 3.55. The van der Waals surface area contributed by atoms with Crippen molar-refractivity contribution in [2.24, 2.45) is 4.99 Å². The molecule has 0 heterocycles. The van der Waals surface area contributed by atoms with E-state index in [1.807, 2.05) is 12.1 Å². The predicted octanol–water partition coefficient (Wildman–Crippen LogP) is 3.88. The van der Waals surface area contributed by atoms with E-state index in [4.69, 9.17) is 5.26 Å². The predicted molar refractivity (Wildman–Crippen MR) is 105 cm³/mol. The number of hydrogen-bond donors (Lipinski definition) is 2. The van der Waals surface area contributed by atoms with Gasteiger partial charge >= 0.3 is 0 Å². The summed E-state index contributed by atoms with van der Waals surface area (Å²) in [6.07, 6.45) is 0. The maximum absolute atomic E-state index is 13.8. The molecule has 0 fully saturated rings. The molecule has 2 aromatic carbocycles. The summed E-state index contributed by atoms with van der Waals surface area (Å²) in [4.78, 5) is 4.10. The van der Waals surface area contributed by atoms with Gasteiger partial charge in [-0.25, -0.2) is 8.78 Å². The summed E-state index contributed by atoms with van der Waals surface area (Å²) >= 11 is 0. The van der Waals surface area contributed by atoms with Crippen LogP contribution in [0, 0.1) is 23.0 Å². The topological polar surface area (TPSA) is 60.2 Å². The van der Waals surface area contributed by atoms with E-state index in [1.165, 1.54) is 12.1 Å². The lowest BCUT2D eigenvalue weighted by molar-refractivity contribution is 0.551. The molecule has 1 atom stereocenters. The van der Waals surface area contributed by atoms with Crippen molar-refractivity contribution < 1.29 is 8.78 Å². The van der Waals surface area contributed by atoms with Gasteiger partial charge < -0.3 is 10.6 Å². The first-order valence-corrected chi connectivity index (χ1v) is 7.44. The first-order chi connectivity index (χ1) is 11.5. The van der Waals surface area contributed by atoms with Crippen LogP contribution in [0.5, 0.6) is 0 Å². The molecule has 0 amide bonds. The lowest BCUT2D eigenvalue weighted by atomic mass is 10.1. The average molecular weight is 456 g/mol. The quantitative estimate of drug-likeness (QED) is 0.417. The Morgan fingerprint density at radius 3 is 2.44 bits per heavy atom. The smallest absolute Gasteiger partial charge is 0.191 e. The Hall–Kier alpha value is -2.21. The normalized spacial score (nSPS) is 11.9. The van der Waals surface area contributed by atoms with Gasteiger partial charge in [-0.1, -0.05) is 18.2 Å². The third-order valence-corrected chi connectivity index (χ3v) is 3.55. The lowest BCUT2D eigenvalue weighted by Crippen LogP contribution is -2.38. The molecule has 0 aliphatic heterocycles. The summed E-state index contributed by atoms with van der Waals surface area (Å²) in [5.74, 6) is -0.708. The van der Waals surface area contributed by atoms with E-state index in [2.05, 4.69) is 21.7 Å². The molecule has 2 N–H and O–H groups in total. The van der Waals surface area contributed by atoms with Crippen LogP contribution in [-0.2, 0) is 6.54 Å². The summed E-state index contributed by atoms with van der Waals surface area (Å²) < 4.78 is 26.8. The molecule has 0 aliphatic rings. The summed E-state index contributed by atoms with van der Waals surface area (Å²) in [7, 11) is 1.61. The van der Waals surface area contributed by atoms with Gasteiger partial charge in [-0.3, -0.25) is 4.99 Å². The van der Waals surface area contributed by atoms with Gasteiger partial charge in [0, 0.05) is 25.2 Å². The highest BCUT2D eigenvalue weighted by molar-refractivity contribution is 14.0. The fraction of sp³-hybridized carbons (Fsp3) is 0.222. The summed E-state index contributed by atoms with van der Waals surface area (Å²) in [5, 5.41) is 15.0.